The van der Waals surface area contributed by atoms with Crippen molar-refractivity contribution < 1.29 is 14.6 Å². The predicted octanol–water partition coefficient (Wildman–Crippen LogP) is 1.92. The molecular formula is C13H17NO3S. The maximum atomic E-state index is 11.0. The molecule has 0 spiro atoms. The van der Waals surface area contributed by atoms with Gasteiger partial charge in [0.05, 0.1) is 6.61 Å². The van der Waals surface area contributed by atoms with Crippen LogP contribution in [0.25, 0.3) is 0 Å². The Morgan fingerprint density at radius 1 is 1.44 bits per heavy atom. The third kappa shape index (κ3) is 3.17. The lowest BCUT2D eigenvalue weighted by molar-refractivity contribution is -0.139. The van der Waals surface area contributed by atoms with Crippen molar-refractivity contribution in [2.24, 2.45) is 0 Å². The predicted molar refractivity (Wildman–Crippen MR) is 72.2 cm³/mol. The van der Waals surface area contributed by atoms with Crippen LogP contribution >= 0.6 is 11.8 Å². The first-order valence-electron chi connectivity index (χ1n) is 6.00. The van der Waals surface area contributed by atoms with Crippen molar-refractivity contribution in [2.75, 3.05) is 18.1 Å². The van der Waals surface area contributed by atoms with E-state index in [0.717, 1.165) is 17.1 Å². The normalized spacial score (nSPS) is 23.6. The number of carboxylic acid groups (broad SMARTS) is 1. The van der Waals surface area contributed by atoms with E-state index in [0.29, 0.717) is 12.4 Å². The van der Waals surface area contributed by atoms with Gasteiger partial charge >= 0.3 is 5.97 Å². The highest BCUT2D eigenvalue weighted by atomic mass is 32.2. The van der Waals surface area contributed by atoms with Gasteiger partial charge in [-0.2, -0.15) is 11.8 Å². The van der Waals surface area contributed by atoms with Gasteiger partial charge in [0.25, 0.3) is 0 Å². The van der Waals surface area contributed by atoms with Crippen LogP contribution in [0.1, 0.15) is 18.5 Å². The monoisotopic (exact) mass is 267 g/mol. The molecule has 0 amide bonds. The summed E-state index contributed by atoms with van der Waals surface area (Å²) in [5.74, 6) is 1.60. The standard InChI is InChI=1S/C13H17NO3S/c1-2-17-10-5-3-9(4-6-10)11-7-18-8-12(14-11)13(15)16/h3-6,11-12,14H,2,7-8H2,1H3,(H,15,16). The smallest absolute Gasteiger partial charge is 0.321 e. The van der Waals surface area contributed by atoms with Crippen molar-refractivity contribution in [1.82, 2.24) is 5.32 Å². The zero-order chi connectivity index (χ0) is 13.0. The average molecular weight is 267 g/mol. The van der Waals surface area contributed by atoms with Crippen LogP contribution in [-0.4, -0.2) is 35.2 Å². The van der Waals surface area contributed by atoms with Gasteiger partial charge in [-0.05, 0) is 24.6 Å². The molecule has 1 saturated heterocycles. The van der Waals surface area contributed by atoms with E-state index in [9.17, 15) is 4.79 Å². The Hall–Kier alpha value is -1.20. The van der Waals surface area contributed by atoms with E-state index in [4.69, 9.17) is 9.84 Å². The molecule has 0 saturated carbocycles. The molecule has 1 fully saturated rings. The van der Waals surface area contributed by atoms with Crippen LogP contribution in [0.4, 0.5) is 0 Å². The maximum absolute atomic E-state index is 11.0. The second-order valence-electron chi connectivity index (χ2n) is 4.15. The van der Waals surface area contributed by atoms with E-state index in [1.807, 2.05) is 31.2 Å². The number of thioether (sulfide) groups is 1. The summed E-state index contributed by atoms with van der Waals surface area (Å²) in [7, 11) is 0. The first-order chi connectivity index (χ1) is 8.70. The van der Waals surface area contributed by atoms with E-state index >= 15 is 0 Å². The number of carboxylic acids is 1. The highest BCUT2D eigenvalue weighted by Crippen LogP contribution is 2.26. The number of nitrogens with one attached hydrogen (secondary N) is 1. The Balaban J connectivity index is 2.04. The average Bonchev–Trinajstić information content (AvgIpc) is 2.40. The van der Waals surface area contributed by atoms with Crippen molar-refractivity contribution >= 4 is 17.7 Å². The first-order valence-corrected chi connectivity index (χ1v) is 7.15. The summed E-state index contributed by atoms with van der Waals surface area (Å²) >= 11 is 1.67. The van der Waals surface area contributed by atoms with Gasteiger partial charge in [0.2, 0.25) is 0 Å². The molecule has 0 aliphatic carbocycles. The second kappa shape index (κ2) is 6.11. The summed E-state index contributed by atoms with van der Waals surface area (Å²) in [6.45, 7) is 2.60. The van der Waals surface area contributed by atoms with Crippen molar-refractivity contribution in [3.8, 4) is 5.75 Å². The Morgan fingerprint density at radius 2 is 2.17 bits per heavy atom. The van der Waals surface area contributed by atoms with E-state index in [2.05, 4.69) is 5.32 Å². The van der Waals surface area contributed by atoms with Crippen LogP contribution in [0.15, 0.2) is 24.3 Å². The molecule has 1 aliphatic rings. The summed E-state index contributed by atoms with van der Waals surface area (Å²) in [5, 5.41) is 12.2. The molecule has 1 aliphatic heterocycles. The molecule has 4 nitrogen and oxygen atoms in total. The maximum Gasteiger partial charge on any atom is 0.321 e. The van der Waals surface area contributed by atoms with E-state index < -0.39 is 12.0 Å². The number of benzene rings is 1. The topological polar surface area (TPSA) is 58.6 Å². The molecule has 1 heterocycles. The van der Waals surface area contributed by atoms with Crippen LogP contribution in [0.5, 0.6) is 5.75 Å². The number of ether oxygens (including phenoxy) is 1. The van der Waals surface area contributed by atoms with Crippen molar-refractivity contribution in [3.63, 3.8) is 0 Å². The van der Waals surface area contributed by atoms with Crippen molar-refractivity contribution in [3.05, 3.63) is 29.8 Å². The quantitative estimate of drug-likeness (QED) is 0.872. The van der Waals surface area contributed by atoms with Crippen LogP contribution in [0.2, 0.25) is 0 Å². The van der Waals surface area contributed by atoms with Crippen LogP contribution in [-0.2, 0) is 4.79 Å². The van der Waals surface area contributed by atoms with Crippen molar-refractivity contribution in [1.29, 1.82) is 0 Å². The van der Waals surface area contributed by atoms with E-state index in [-0.39, 0.29) is 6.04 Å². The Bertz CT molecular complexity index is 407. The van der Waals surface area contributed by atoms with Crippen LogP contribution < -0.4 is 10.1 Å². The summed E-state index contributed by atoms with van der Waals surface area (Å²) in [4.78, 5) is 11.0. The zero-order valence-electron chi connectivity index (χ0n) is 10.3. The van der Waals surface area contributed by atoms with Crippen LogP contribution in [0.3, 0.4) is 0 Å². The molecule has 18 heavy (non-hydrogen) atoms. The summed E-state index contributed by atoms with van der Waals surface area (Å²) < 4.78 is 5.39. The molecule has 1 aromatic carbocycles. The van der Waals surface area contributed by atoms with Gasteiger partial charge in [0.1, 0.15) is 11.8 Å². The summed E-state index contributed by atoms with van der Waals surface area (Å²) in [6.07, 6.45) is 0. The molecule has 98 valence electrons. The Kier molecular flexibility index (Phi) is 4.49. The fourth-order valence-electron chi connectivity index (χ4n) is 1.94. The van der Waals surface area contributed by atoms with E-state index in [1.165, 1.54) is 0 Å². The molecule has 2 unspecified atom stereocenters. The molecule has 2 N–H and O–H groups in total. The molecule has 0 aromatic heterocycles. The lowest BCUT2D eigenvalue weighted by atomic mass is 10.1. The molecular weight excluding hydrogens is 250 g/mol. The summed E-state index contributed by atoms with van der Waals surface area (Å²) in [5.41, 5.74) is 1.11. The van der Waals surface area contributed by atoms with Gasteiger partial charge in [-0.15, -0.1) is 0 Å². The Labute approximate surface area is 111 Å². The minimum atomic E-state index is -0.780. The number of carbonyl (C=O) groups is 1. The molecule has 2 rings (SSSR count). The van der Waals surface area contributed by atoms with Crippen LogP contribution in [0, 0.1) is 0 Å². The van der Waals surface area contributed by atoms with E-state index in [1.54, 1.807) is 11.8 Å². The Morgan fingerprint density at radius 3 is 2.78 bits per heavy atom. The fourth-order valence-corrected chi connectivity index (χ4v) is 3.08. The highest BCUT2D eigenvalue weighted by molar-refractivity contribution is 7.99. The highest BCUT2D eigenvalue weighted by Gasteiger charge is 2.27. The minimum Gasteiger partial charge on any atom is -0.494 e. The van der Waals surface area contributed by atoms with Crippen molar-refractivity contribution in [2.45, 2.75) is 19.0 Å². The molecule has 2 atom stereocenters. The molecule has 0 bridgehead atoms. The number of aliphatic carboxylic acids is 1. The molecule has 1 aromatic rings. The van der Waals surface area contributed by atoms with Gasteiger partial charge in [-0.25, -0.2) is 0 Å². The zero-order valence-corrected chi connectivity index (χ0v) is 11.1. The lowest BCUT2D eigenvalue weighted by Crippen LogP contribution is -2.45. The number of rotatable bonds is 4. The van der Waals surface area contributed by atoms with Gasteiger partial charge < -0.3 is 9.84 Å². The second-order valence-corrected chi connectivity index (χ2v) is 5.22. The van der Waals surface area contributed by atoms with Gasteiger partial charge in [0.15, 0.2) is 0 Å². The fraction of sp³-hybridized carbons (Fsp3) is 0.462. The van der Waals surface area contributed by atoms with Gasteiger partial charge in [-0.3, -0.25) is 10.1 Å². The number of hydrogen-bond donors (Lipinski definition) is 2. The largest absolute Gasteiger partial charge is 0.494 e. The summed E-state index contributed by atoms with van der Waals surface area (Å²) in [6, 6.07) is 7.48. The number of hydrogen-bond acceptors (Lipinski definition) is 4. The van der Waals surface area contributed by atoms with Gasteiger partial charge in [0, 0.05) is 17.5 Å². The lowest BCUT2D eigenvalue weighted by Gasteiger charge is -2.28. The molecule has 5 heteroatoms. The third-order valence-electron chi connectivity index (χ3n) is 2.86. The third-order valence-corrected chi connectivity index (χ3v) is 4.00. The van der Waals surface area contributed by atoms with Gasteiger partial charge in [-0.1, -0.05) is 12.1 Å². The minimum absolute atomic E-state index is 0.0977. The molecule has 0 radical (unpaired) electrons. The SMILES string of the molecule is CCOc1ccc(C2CSCC(C(=O)O)N2)cc1. The first kappa shape index (κ1) is 13.2.